The van der Waals surface area contributed by atoms with Gasteiger partial charge in [-0.2, -0.15) is 0 Å². The van der Waals surface area contributed by atoms with Gasteiger partial charge in [-0.25, -0.2) is 4.39 Å². The highest BCUT2D eigenvalue weighted by Gasteiger charge is 2.23. The van der Waals surface area contributed by atoms with Crippen LogP contribution >= 0.6 is 22.9 Å². The van der Waals surface area contributed by atoms with Crippen LogP contribution in [0.25, 0.3) is 0 Å². The van der Waals surface area contributed by atoms with Crippen LogP contribution in [0.5, 0.6) is 0 Å². The Kier molecular flexibility index (Phi) is 5.14. The van der Waals surface area contributed by atoms with E-state index in [-0.39, 0.29) is 28.0 Å². The molecule has 1 aromatic carbocycles. The Hall–Kier alpha value is -1.24. The summed E-state index contributed by atoms with van der Waals surface area (Å²) in [6.45, 7) is 1.21. The maximum Gasteiger partial charge on any atom is 0.235 e. The smallest absolute Gasteiger partial charge is 0.235 e. The molecule has 1 aliphatic heterocycles. The quantitative estimate of drug-likeness (QED) is 0.826. The molecule has 1 aliphatic rings. The van der Waals surface area contributed by atoms with Crippen molar-refractivity contribution in [2.75, 3.05) is 12.3 Å². The van der Waals surface area contributed by atoms with E-state index in [1.165, 1.54) is 17.0 Å². The molecule has 0 aliphatic carbocycles. The molecule has 0 bridgehead atoms. The van der Waals surface area contributed by atoms with E-state index in [0.29, 0.717) is 13.1 Å². The Bertz CT molecular complexity index is 742. The van der Waals surface area contributed by atoms with Crippen molar-refractivity contribution in [1.29, 1.82) is 0 Å². The minimum absolute atomic E-state index is 0.0468. The number of hydrogen-bond acceptors (Lipinski definition) is 3. The van der Waals surface area contributed by atoms with Crippen LogP contribution in [0.2, 0.25) is 5.02 Å². The first-order chi connectivity index (χ1) is 11.0. The van der Waals surface area contributed by atoms with Crippen molar-refractivity contribution in [3.63, 3.8) is 0 Å². The largest absolute Gasteiger partial charge is 0.337 e. The summed E-state index contributed by atoms with van der Waals surface area (Å²) in [6, 6.07) is 6.36. The van der Waals surface area contributed by atoms with E-state index in [4.69, 9.17) is 11.6 Å². The highest BCUT2D eigenvalue weighted by Crippen LogP contribution is 2.24. The Morgan fingerprint density at radius 2 is 2.22 bits per heavy atom. The molecule has 0 saturated carbocycles. The van der Waals surface area contributed by atoms with Crippen molar-refractivity contribution >= 4 is 39.6 Å². The van der Waals surface area contributed by atoms with Gasteiger partial charge in [-0.15, -0.1) is 11.3 Å². The SMILES string of the molecule is O=C(C[S@@](=O)Cc1c(F)cccc1Cl)N1CCc2sccc2C1. The van der Waals surface area contributed by atoms with E-state index in [2.05, 4.69) is 0 Å². The van der Waals surface area contributed by atoms with Crippen LogP contribution in [-0.4, -0.2) is 27.3 Å². The molecule has 0 radical (unpaired) electrons. The predicted molar refractivity (Wildman–Crippen MR) is 91.6 cm³/mol. The van der Waals surface area contributed by atoms with E-state index in [1.54, 1.807) is 22.3 Å². The molecular formula is C16H15ClFNO2S2. The molecule has 2 aromatic rings. The summed E-state index contributed by atoms with van der Waals surface area (Å²) in [5.41, 5.74) is 1.37. The number of thiophene rings is 1. The molecule has 1 aromatic heterocycles. The van der Waals surface area contributed by atoms with Crippen LogP contribution in [0.4, 0.5) is 4.39 Å². The minimum atomic E-state index is -1.48. The van der Waals surface area contributed by atoms with E-state index in [1.807, 2.05) is 11.4 Å². The molecule has 122 valence electrons. The van der Waals surface area contributed by atoms with Gasteiger partial charge in [0, 0.05) is 39.4 Å². The first kappa shape index (κ1) is 16.6. The van der Waals surface area contributed by atoms with Crippen LogP contribution in [0.3, 0.4) is 0 Å². The zero-order valence-electron chi connectivity index (χ0n) is 12.3. The Labute approximate surface area is 145 Å². The van der Waals surface area contributed by atoms with Gasteiger partial charge >= 0.3 is 0 Å². The number of carbonyl (C=O) groups excluding carboxylic acids is 1. The molecular weight excluding hydrogens is 357 g/mol. The van der Waals surface area contributed by atoms with Crippen molar-refractivity contribution in [3.8, 4) is 0 Å². The summed E-state index contributed by atoms with van der Waals surface area (Å²) in [5.74, 6) is -0.800. The Balaban J connectivity index is 1.61. The molecule has 3 nitrogen and oxygen atoms in total. The third-order valence-corrected chi connectivity index (χ3v) is 6.37. The van der Waals surface area contributed by atoms with E-state index < -0.39 is 16.6 Å². The fraction of sp³-hybridized carbons (Fsp3) is 0.312. The van der Waals surface area contributed by atoms with Gasteiger partial charge in [-0.3, -0.25) is 9.00 Å². The molecule has 7 heteroatoms. The molecule has 0 unspecified atom stereocenters. The van der Waals surface area contributed by atoms with Crippen LogP contribution in [0.15, 0.2) is 29.6 Å². The zero-order chi connectivity index (χ0) is 16.4. The molecule has 0 fully saturated rings. The fourth-order valence-electron chi connectivity index (χ4n) is 2.57. The average Bonchev–Trinajstić information content (AvgIpc) is 2.98. The first-order valence-corrected chi connectivity index (χ1v) is 9.90. The van der Waals surface area contributed by atoms with Crippen molar-refractivity contribution in [2.24, 2.45) is 0 Å². The Morgan fingerprint density at radius 1 is 1.39 bits per heavy atom. The fourth-order valence-corrected chi connectivity index (χ4v) is 4.95. The van der Waals surface area contributed by atoms with Gasteiger partial charge in [-0.1, -0.05) is 17.7 Å². The third kappa shape index (κ3) is 3.82. The molecule has 0 N–H and O–H groups in total. The van der Waals surface area contributed by atoms with Crippen LogP contribution in [0.1, 0.15) is 16.0 Å². The molecule has 2 heterocycles. The number of benzene rings is 1. The van der Waals surface area contributed by atoms with Gasteiger partial charge in [0.05, 0.1) is 5.75 Å². The standard InChI is InChI=1S/C16H15ClFNO2S2/c17-13-2-1-3-14(18)12(13)9-23(21)10-16(20)19-6-4-15-11(8-19)5-7-22-15/h1-3,5,7H,4,6,8-10H2/t23-/m0/s1. The van der Waals surface area contributed by atoms with Crippen LogP contribution in [0, 0.1) is 5.82 Å². The summed E-state index contributed by atoms with van der Waals surface area (Å²) >= 11 is 7.64. The molecule has 3 rings (SSSR count). The normalized spacial score (nSPS) is 15.3. The molecule has 0 saturated heterocycles. The van der Waals surface area contributed by atoms with Gasteiger partial charge in [0.15, 0.2) is 0 Å². The van der Waals surface area contributed by atoms with E-state index in [0.717, 1.165) is 12.0 Å². The summed E-state index contributed by atoms with van der Waals surface area (Å²) in [6.07, 6.45) is 0.838. The van der Waals surface area contributed by atoms with Crippen molar-refractivity contribution in [1.82, 2.24) is 4.90 Å². The number of hydrogen-bond donors (Lipinski definition) is 0. The van der Waals surface area contributed by atoms with Gasteiger partial charge in [0.25, 0.3) is 0 Å². The number of halogens is 2. The maximum atomic E-state index is 13.7. The van der Waals surface area contributed by atoms with E-state index >= 15 is 0 Å². The van der Waals surface area contributed by atoms with Crippen molar-refractivity contribution < 1.29 is 13.4 Å². The third-order valence-electron chi connectivity index (χ3n) is 3.81. The lowest BCUT2D eigenvalue weighted by atomic mass is 10.1. The average molecular weight is 372 g/mol. The predicted octanol–water partition coefficient (Wildman–Crippen LogP) is 3.37. The first-order valence-electron chi connectivity index (χ1n) is 7.15. The second-order valence-electron chi connectivity index (χ2n) is 5.36. The maximum absolute atomic E-state index is 13.7. The van der Waals surface area contributed by atoms with Gasteiger partial charge < -0.3 is 4.90 Å². The molecule has 0 spiro atoms. The number of fused-ring (bicyclic) bond motifs is 1. The topological polar surface area (TPSA) is 37.4 Å². The lowest BCUT2D eigenvalue weighted by Gasteiger charge is -2.26. The van der Waals surface area contributed by atoms with Crippen LogP contribution < -0.4 is 0 Å². The summed E-state index contributed by atoms with van der Waals surface area (Å²) in [5, 5.41) is 2.27. The number of rotatable bonds is 4. The van der Waals surface area contributed by atoms with Gasteiger partial charge in [0.1, 0.15) is 11.6 Å². The summed E-state index contributed by atoms with van der Waals surface area (Å²) in [7, 11) is -1.48. The Morgan fingerprint density at radius 3 is 3.00 bits per heavy atom. The summed E-state index contributed by atoms with van der Waals surface area (Å²) in [4.78, 5) is 15.3. The van der Waals surface area contributed by atoms with Gasteiger partial charge in [0.2, 0.25) is 5.91 Å². The molecule has 23 heavy (non-hydrogen) atoms. The summed E-state index contributed by atoms with van der Waals surface area (Å²) < 4.78 is 25.9. The number of amides is 1. The van der Waals surface area contributed by atoms with E-state index in [9.17, 15) is 13.4 Å². The highest BCUT2D eigenvalue weighted by molar-refractivity contribution is 7.84. The lowest BCUT2D eigenvalue weighted by Crippen LogP contribution is -2.38. The second kappa shape index (κ2) is 7.11. The monoisotopic (exact) mass is 371 g/mol. The zero-order valence-corrected chi connectivity index (χ0v) is 14.6. The number of nitrogens with zero attached hydrogens (tertiary/aromatic N) is 1. The second-order valence-corrected chi connectivity index (χ2v) is 8.23. The number of carbonyl (C=O) groups is 1. The highest BCUT2D eigenvalue weighted by atomic mass is 35.5. The van der Waals surface area contributed by atoms with Gasteiger partial charge in [-0.05, 0) is 35.6 Å². The molecule has 1 amide bonds. The van der Waals surface area contributed by atoms with Crippen LogP contribution in [-0.2, 0) is 34.3 Å². The lowest BCUT2D eigenvalue weighted by molar-refractivity contribution is -0.129. The van der Waals surface area contributed by atoms with Crippen molar-refractivity contribution in [3.05, 3.63) is 56.5 Å². The van der Waals surface area contributed by atoms with Crippen molar-refractivity contribution in [2.45, 2.75) is 18.7 Å². The molecule has 1 atom stereocenters. The minimum Gasteiger partial charge on any atom is -0.337 e.